The molecule has 0 aliphatic heterocycles. The van der Waals surface area contributed by atoms with Crippen molar-refractivity contribution in [3.63, 3.8) is 0 Å². The van der Waals surface area contributed by atoms with E-state index in [2.05, 4.69) is 0 Å². The van der Waals surface area contributed by atoms with Gasteiger partial charge in [0.05, 0.1) is 4.90 Å². The highest BCUT2D eigenvalue weighted by molar-refractivity contribution is 7.90. The number of aromatic nitrogens is 2. The Morgan fingerprint density at radius 2 is 1.58 bits per heavy atom. The minimum Gasteiger partial charge on any atom is -0.244 e. The Kier molecular flexibility index (Phi) is 5.03. The summed E-state index contributed by atoms with van der Waals surface area (Å²) in [5, 5.41) is 5.38. The number of rotatable bonds is 4. The lowest BCUT2D eigenvalue weighted by atomic mass is 9.99. The molecule has 2 aromatic carbocycles. The SMILES string of the molecule is CC=Cn1nc(-c2ccc(S(C)(=O)=O)cc2)c(-c2ccc(Cl)cc2)c1C. The molecule has 0 N–H and O–H groups in total. The van der Waals surface area contributed by atoms with Gasteiger partial charge in [0.25, 0.3) is 0 Å². The Balaban J connectivity index is 2.20. The van der Waals surface area contributed by atoms with Crippen LogP contribution < -0.4 is 0 Å². The molecule has 0 bridgehead atoms. The molecule has 1 aromatic heterocycles. The molecular formula is C20H19ClN2O2S. The smallest absolute Gasteiger partial charge is 0.175 e. The van der Waals surface area contributed by atoms with E-state index in [4.69, 9.17) is 16.7 Å². The van der Waals surface area contributed by atoms with Crippen molar-refractivity contribution in [2.45, 2.75) is 18.7 Å². The van der Waals surface area contributed by atoms with Gasteiger partial charge in [-0.2, -0.15) is 5.10 Å². The summed E-state index contributed by atoms with van der Waals surface area (Å²) in [5.41, 5.74) is 4.64. The highest BCUT2D eigenvalue weighted by Crippen LogP contribution is 2.35. The van der Waals surface area contributed by atoms with E-state index in [0.29, 0.717) is 9.92 Å². The molecule has 0 atom stereocenters. The summed E-state index contributed by atoms with van der Waals surface area (Å²) >= 11 is 6.02. The lowest BCUT2D eigenvalue weighted by Crippen LogP contribution is -1.96. The maximum Gasteiger partial charge on any atom is 0.175 e. The van der Waals surface area contributed by atoms with Gasteiger partial charge in [-0.25, -0.2) is 13.1 Å². The summed E-state index contributed by atoms with van der Waals surface area (Å²) in [6, 6.07) is 14.4. The Bertz CT molecular complexity index is 1060. The van der Waals surface area contributed by atoms with Gasteiger partial charge < -0.3 is 0 Å². The molecule has 26 heavy (non-hydrogen) atoms. The quantitative estimate of drug-likeness (QED) is 0.628. The van der Waals surface area contributed by atoms with Gasteiger partial charge in [0.1, 0.15) is 5.69 Å². The van der Waals surface area contributed by atoms with E-state index in [-0.39, 0.29) is 0 Å². The third kappa shape index (κ3) is 3.59. The van der Waals surface area contributed by atoms with Crippen LogP contribution in [-0.4, -0.2) is 24.5 Å². The van der Waals surface area contributed by atoms with Gasteiger partial charge in [0, 0.05) is 34.3 Å². The molecule has 6 heteroatoms. The molecular weight excluding hydrogens is 368 g/mol. The highest BCUT2D eigenvalue weighted by Gasteiger charge is 2.18. The second-order valence-corrected chi connectivity index (χ2v) is 8.49. The largest absolute Gasteiger partial charge is 0.244 e. The van der Waals surface area contributed by atoms with E-state index in [9.17, 15) is 8.42 Å². The van der Waals surface area contributed by atoms with Crippen LogP contribution in [0.5, 0.6) is 0 Å². The first kappa shape index (κ1) is 18.4. The van der Waals surface area contributed by atoms with Crippen LogP contribution in [0.3, 0.4) is 0 Å². The molecule has 0 unspecified atom stereocenters. The average molecular weight is 387 g/mol. The van der Waals surface area contributed by atoms with Crippen molar-refractivity contribution in [2.24, 2.45) is 0 Å². The van der Waals surface area contributed by atoms with Crippen LogP contribution in [0.2, 0.25) is 5.02 Å². The van der Waals surface area contributed by atoms with Crippen molar-refractivity contribution < 1.29 is 8.42 Å². The standard InChI is InChI=1S/C20H19ClN2O2S/c1-4-13-23-14(2)19(15-5-9-17(21)10-6-15)20(22-23)16-7-11-18(12-8-16)26(3,24)25/h4-13H,1-3H3. The predicted molar refractivity (Wildman–Crippen MR) is 107 cm³/mol. The minimum atomic E-state index is -3.23. The molecule has 0 saturated heterocycles. The van der Waals surface area contributed by atoms with Crippen LogP contribution in [-0.2, 0) is 9.84 Å². The van der Waals surface area contributed by atoms with E-state index >= 15 is 0 Å². The lowest BCUT2D eigenvalue weighted by molar-refractivity contribution is 0.602. The number of sulfone groups is 1. The fraction of sp³-hybridized carbons (Fsp3) is 0.150. The number of hydrogen-bond donors (Lipinski definition) is 0. The number of halogens is 1. The van der Waals surface area contributed by atoms with E-state index in [1.807, 2.05) is 55.1 Å². The summed E-state index contributed by atoms with van der Waals surface area (Å²) < 4.78 is 25.2. The van der Waals surface area contributed by atoms with Gasteiger partial charge in [-0.05, 0) is 43.7 Å². The van der Waals surface area contributed by atoms with E-state index < -0.39 is 9.84 Å². The molecule has 0 amide bonds. The van der Waals surface area contributed by atoms with E-state index in [1.54, 1.807) is 24.3 Å². The number of hydrogen-bond acceptors (Lipinski definition) is 3. The molecule has 3 aromatic rings. The van der Waals surface area contributed by atoms with E-state index in [0.717, 1.165) is 28.1 Å². The molecule has 0 saturated carbocycles. The van der Waals surface area contributed by atoms with Gasteiger partial charge >= 0.3 is 0 Å². The van der Waals surface area contributed by atoms with Crippen molar-refractivity contribution in [1.29, 1.82) is 0 Å². The topological polar surface area (TPSA) is 52.0 Å². The van der Waals surface area contributed by atoms with Gasteiger partial charge in [-0.1, -0.05) is 41.9 Å². The summed E-state index contributed by atoms with van der Waals surface area (Å²) in [6.07, 6.45) is 5.01. The van der Waals surface area contributed by atoms with Crippen molar-refractivity contribution in [3.8, 4) is 22.4 Å². The van der Waals surface area contributed by atoms with Crippen LogP contribution in [0, 0.1) is 6.92 Å². The number of nitrogens with zero attached hydrogens (tertiary/aromatic N) is 2. The second-order valence-electron chi connectivity index (χ2n) is 6.04. The van der Waals surface area contributed by atoms with Crippen molar-refractivity contribution in [3.05, 3.63) is 65.3 Å². The maximum atomic E-state index is 11.7. The van der Waals surface area contributed by atoms with Crippen LogP contribution >= 0.6 is 11.6 Å². The fourth-order valence-corrected chi connectivity index (χ4v) is 3.59. The van der Waals surface area contributed by atoms with Crippen LogP contribution in [0.25, 0.3) is 28.6 Å². The molecule has 0 aliphatic carbocycles. The molecule has 134 valence electrons. The molecule has 0 aliphatic rings. The van der Waals surface area contributed by atoms with Gasteiger partial charge in [-0.15, -0.1) is 0 Å². The van der Waals surface area contributed by atoms with Crippen molar-refractivity contribution in [2.75, 3.05) is 6.26 Å². The molecule has 0 fully saturated rings. The summed E-state index contributed by atoms with van der Waals surface area (Å²) in [6.45, 7) is 3.94. The summed E-state index contributed by atoms with van der Waals surface area (Å²) in [4.78, 5) is 0.291. The Labute approximate surface area is 158 Å². The average Bonchev–Trinajstić information content (AvgIpc) is 2.92. The third-order valence-corrected chi connectivity index (χ3v) is 5.51. The van der Waals surface area contributed by atoms with Crippen LogP contribution in [0.4, 0.5) is 0 Å². The Morgan fingerprint density at radius 3 is 2.12 bits per heavy atom. The zero-order valence-electron chi connectivity index (χ0n) is 14.8. The predicted octanol–water partition coefficient (Wildman–Crippen LogP) is 5.07. The zero-order valence-corrected chi connectivity index (χ0v) is 16.3. The summed E-state index contributed by atoms with van der Waals surface area (Å²) in [5.74, 6) is 0. The third-order valence-electron chi connectivity index (χ3n) is 4.13. The zero-order chi connectivity index (χ0) is 18.9. The molecule has 0 spiro atoms. The van der Waals surface area contributed by atoms with Crippen molar-refractivity contribution in [1.82, 2.24) is 9.78 Å². The van der Waals surface area contributed by atoms with Gasteiger partial charge in [0.15, 0.2) is 9.84 Å². The minimum absolute atomic E-state index is 0.291. The molecule has 0 radical (unpaired) electrons. The first-order chi connectivity index (χ1) is 12.3. The van der Waals surface area contributed by atoms with Gasteiger partial charge in [-0.3, -0.25) is 0 Å². The fourth-order valence-electron chi connectivity index (χ4n) is 2.83. The number of allylic oxidation sites excluding steroid dienone is 1. The monoisotopic (exact) mass is 386 g/mol. The normalized spacial score (nSPS) is 12.0. The molecule has 4 nitrogen and oxygen atoms in total. The lowest BCUT2D eigenvalue weighted by Gasteiger charge is -2.06. The highest BCUT2D eigenvalue weighted by atomic mass is 35.5. The summed E-state index contributed by atoms with van der Waals surface area (Å²) in [7, 11) is -3.23. The molecule has 3 rings (SSSR count). The van der Waals surface area contributed by atoms with Gasteiger partial charge in [0.2, 0.25) is 0 Å². The second kappa shape index (κ2) is 7.09. The Morgan fingerprint density at radius 1 is 1.00 bits per heavy atom. The Hall–Kier alpha value is -2.37. The van der Waals surface area contributed by atoms with Crippen molar-refractivity contribution >= 4 is 27.6 Å². The van der Waals surface area contributed by atoms with Crippen LogP contribution in [0.15, 0.2) is 59.5 Å². The first-order valence-corrected chi connectivity index (χ1v) is 10.4. The number of benzene rings is 2. The van der Waals surface area contributed by atoms with E-state index in [1.165, 1.54) is 6.26 Å². The van der Waals surface area contributed by atoms with Crippen LogP contribution in [0.1, 0.15) is 12.6 Å². The maximum absolute atomic E-state index is 11.7. The first-order valence-electron chi connectivity index (χ1n) is 8.09. The molecule has 1 heterocycles.